The normalized spacial score (nSPS) is 20.2. The molecule has 5 heteroatoms. The molecule has 1 N–H and O–H groups in total. The summed E-state index contributed by atoms with van der Waals surface area (Å²) in [6.45, 7) is 5.61. The second-order valence-electron chi connectivity index (χ2n) is 4.44. The third-order valence-electron chi connectivity index (χ3n) is 3.20. The van der Waals surface area contributed by atoms with Crippen LogP contribution in [0.2, 0.25) is 0 Å². The zero-order chi connectivity index (χ0) is 12.1. The number of piperidine rings is 1. The number of hydrogen-bond acceptors (Lipinski definition) is 4. The predicted molar refractivity (Wildman–Crippen MR) is 63.7 cm³/mol. The topological polar surface area (TPSA) is 58.4 Å². The minimum atomic E-state index is -0.0353. The van der Waals surface area contributed by atoms with Crippen LogP contribution in [0.15, 0.2) is 16.9 Å². The van der Waals surface area contributed by atoms with Crippen LogP contribution < -0.4 is 5.32 Å². The fourth-order valence-electron chi connectivity index (χ4n) is 2.23. The van der Waals surface area contributed by atoms with E-state index in [1.807, 2.05) is 11.8 Å². The van der Waals surface area contributed by atoms with Crippen molar-refractivity contribution in [3.63, 3.8) is 0 Å². The van der Waals surface area contributed by atoms with Crippen molar-refractivity contribution in [2.75, 3.05) is 26.2 Å². The van der Waals surface area contributed by atoms with Gasteiger partial charge in [0.25, 0.3) is 5.91 Å². The van der Waals surface area contributed by atoms with Crippen LogP contribution in [0.25, 0.3) is 0 Å². The molecule has 0 bridgehead atoms. The van der Waals surface area contributed by atoms with E-state index in [4.69, 9.17) is 4.52 Å². The Hall–Kier alpha value is -1.36. The van der Waals surface area contributed by atoms with E-state index >= 15 is 0 Å². The van der Waals surface area contributed by atoms with Crippen LogP contribution in [-0.2, 0) is 0 Å². The standard InChI is InChI=1S/C12H19N3O2/c1-2-15(9-10-4-3-6-13-8-10)12(16)11-5-7-17-14-11/h5,7,10,13H,2-4,6,8-9H2,1H3. The maximum Gasteiger partial charge on any atom is 0.276 e. The molecule has 1 atom stereocenters. The Bertz CT molecular complexity index is 345. The zero-order valence-electron chi connectivity index (χ0n) is 10.2. The van der Waals surface area contributed by atoms with Gasteiger partial charge in [0.05, 0.1) is 0 Å². The molecule has 0 spiro atoms. The van der Waals surface area contributed by atoms with E-state index in [1.165, 1.54) is 19.1 Å². The average molecular weight is 237 g/mol. The summed E-state index contributed by atoms with van der Waals surface area (Å²) in [6.07, 6.45) is 3.82. The molecule has 1 aliphatic rings. The molecule has 0 aromatic carbocycles. The second kappa shape index (κ2) is 5.82. The molecule has 1 aromatic heterocycles. The number of nitrogens with one attached hydrogen (secondary N) is 1. The third kappa shape index (κ3) is 3.06. The quantitative estimate of drug-likeness (QED) is 0.853. The van der Waals surface area contributed by atoms with Gasteiger partial charge in [-0.05, 0) is 38.8 Å². The van der Waals surface area contributed by atoms with Gasteiger partial charge in [-0.3, -0.25) is 4.79 Å². The molecule has 1 saturated heterocycles. The van der Waals surface area contributed by atoms with Gasteiger partial charge in [-0.25, -0.2) is 0 Å². The number of aromatic nitrogens is 1. The minimum Gasteiger partial charge on any atom is -0.364 e. The maximum atomic E-state index is 12.1. The first kappa shape index (κ1) is 12.1. The summed E-state index contributed by atoms with van der Waals surface area (Å²) in [5, 5.41) is 7.06. The molecule has 0 saturated carbocycles. The van der Waals surface area contributed by atoms with E-state index in [2.05, 4.69) is 10.5 Å². The predicted octanol–water partition coefficient (Wildman–Crippen LogP) is 1.14. The van der Waals surface area contributed by atoms with E-state index in [1.54, 1.807) is 6.07 Å². The molecule has 2 rings (SSSR count). The molecular weight excluding hydrogens is 218 g/mol. The first-order valence-electron chi connectivity index (χ1n) is 6.21. The van der Waals surface area contributed by atoms with Crippen LogP contribution >= 0.6 is 0 Å². The summed E-state index contributed by atoms with van der Waals surface area (Å²) in [4.78, 5) is 13.9. The van der Waals surface area contributed by atoms with E-state index in [9.17, 15) is 4.79 Å². The lowest BCUT2D eigenvalue weighted by Crippen LogP contribution is -2.41. The van der Waals surface area contributed by atoms with Crippen molar-refractivity contribution >= 4 is 5.91 Å². The molecule has 2 heterocycles. The molecule has 1 amide bonds. The van der Waals surface area contributed by atoms with Crippen molar-refractivity contribution in [1.29, 1.82) is 0 Å². The molecule has 17 heavy (non-hydrogen) atoms. The van der Waals surface area contributed by atoms with Gasteiger partial charge in [0.2, 0.25) is 0 Å². The Kier molecular flexibility index (Phi) is 4.14. The van der Waals surface area contributed by atoms with Gasteiger partial charge in [-0.15, -0.1) is 0 Å². The van der Waals surface area contributed by atoms with Crippen molar-refractivity contribution in [2.24, 2.45) is 5.92 Å². The van der Waals surface area contributed by atoms with Crippen molar-refractivity contribution in [2.45, 2.75) is 19.8 Å². The highest BCUT2D eigenvalue weighted by atomic mass is 16.5. The van der Waals surface area contributed by atoms with Crippen LogP contribution in [0.5, 0.6) is 0 Å². The molecule has 5 nitrogen and oxygen atoms in total. The molecule has 1 aliphatic heterocycles. The number of carbonyl (C=O) groups excluding carboxylic acids is 1. The number of carbonyl (C=O) groups is 1. The Balaban J connectivity index is 1.93. The summed E-state index contributed by atoms with van der Waals surface area (Å²) < 4.78 is 4.71. The minimum absolute atomic E-state index is 0.0353. The first-order valence-corrected chi connectivity index (χ1v) is 6.21. The smallest absolute Gasteiger partial charge is 0.276 e. The monoisotopic (exact) mass is 237 g/mol. The highest BCUT2D eigenvalue weighted by molar-refractivity contribution is 5.92. The molecule has 0 radical (unpaired) electrons. The van der Waals surface area contributed by atoms with E-state index in [0.717, 1.165) is 19.6 Å². The fourth-order valence-corrected chi connectivity index (χ4v) is 2.23. The third-order valence-corrected chi connectivity index (χ3v) is 3.20. The van der Waals surface area contributed by atoms with Crippen molar-refractivity contribution in [3.05, 3.63) is 18.0 Å². The number of hydrogen-bond donors (Lipinski definition) is 1. The lowest BCUT2D eigenvalue weighted by molar-refractivity contribution is 0.0718. The SMILES string of the molecule is CCN(CC1CCCNC1)C(=O)c1ccon1. The fraction of sp³-hybridized carbons (Fsp3) is 0.667. The Morgan fingerprint density at radius 1 is 1.71 bits per heavy atom. The van der Waals surface area contributed by atoms with Crippen LogP contribution in [-0.4, -0.2) is 42.1 Å². The van der Waals surface area contributed by atoms with Crippen LogP contribution in [0.1, 0.15) is 30.3 Å². The van der Waals surface area contributed by atoms with Crippen molar-refractivity contribution in [3.8, 4) is 0 Å². The zero-order valence-corrected chi connectivity index (χ0v) is 10.2. The number of nitrogens with zero attached hydrogens (tertiary/aromatic N) is 2. The van der Waals surface area contributed by atoms with Gasteiger partial charge < -0.3 is 14.7 Å². The Labute approximate surface area is 101 Å². The van der Waals surface area contributed by atoms with Gasteiger partial charge in [-0.1, -0.05) is 5.16 Å². The van der Waals surface area contributed by atoms with Gasteiger partial charge in [0, 0.05) is 19.2 Å². The molecule has 1 aromatic rings. The average Bonchev–Trinajstić information content (AvgIpc) is 2.90. The largest absolute Gasteiger partial charge is 0.364 e. The molecule has 94 valence electrons. The lowest BCUT2D eigenvalue weighted by atomic mass is 9.99. The van der Waals surface area contributed by atoms with E-state index in [0.29, 0.717) is 18.2 Å². The molecular formula is C12H19N3O2. The molecule has 1 fully saturated rings. The van der Waals surface area contributed by atoms with Crippen molar-refractivity contribution < 1.29 is 9.32 Å². The van der Waals surface area contributed by atoms with Crippen molar-refractivity contribution in [1.82, 2.24) is 15.4 Å². The summed E-state index contributed by atoms with van der Waals surface area (Å²) in [5.41, 5.74) is 0.399. The summed E-state index contributed by atoms with van der Waals surface area (Å²) >= 11 is 0. The molecule has 1 unspecified atom stereocenters. The van der Waals surface area contributed by atoms with Gasteiger partial charge in [0.1, 0.15) is 6.26 Å². The summed E-state index contributed by atoms with van der Waals surface area (Å²) in [5.74, 6) is 0.520. The van der Waals surface area contributed by atoms with Crippen LogP contribution in [0, 0.1) is 5.92 Å². The highest BCUT2D eigenvalue weighted by Gasteiger charge is 2.21. The van der Waals surface area contributed by atoms with Gasteiger partial charge in [0.15, 0.2) is 5.69 Å². The maximum absolute atomic E-state index is 12.1. The van der Waals surface area contributed by atoms with Gasteiger partial charge >= 0.3 is 0 Å². The second-order valence-corrected chi connectivity index (χ2v) is 4.44. The summed E-state index contributed by atoms with van der Waals surface area (Å²) in [6, 6.07) is 1.62. The lowest BCUT2D eigenvalue weighted by Gasteiger charge is -2.28. The summed E-state index contributed by atoms with van der Waals surface area (Å²) in [7, 11) is 0. The van der Waals surface area contributed by atoms with Crippen LogP contribution in [0.4, 0.5) is 0 Å². The number of rotatable bonds is 4. The first-order chi connectivity index (χ1) is 8.31. The Morgan fingerprint density at radius 3 is 3.18 bits per heavy atom. The number of amides is 1. The van der Waals surface area contributed by atoms with E-state index < -0.39 is 0 Å². The van der Waals surface area contributed by atoms with Gasteiger partial charge in [-0.2, -0.15) is 0 Å². The molecule has 0 aliphatic carbocycles. The van der Waals surface area contributed by atoms with Crippen LogP contribution in [0.3, 0.4) is 0 Å². The Morgan fingerprint density at radius 2 is 2.59 bits per heavy atom. The highest BCUT2D eigenvalue weighted by Crippen LogP contribution is 2.13. The van der Waals surface area contributed by atoms with E-state index in [-0.39, 0.29) is 5.91 Å².